The second-order valence-electron chi connectivity index (χ2n) is 3.30. The molecule has 0 aromatic rings. The normalized spacial score (nSPS) is 18.9. The summed E-state index contributed by atoms with van der Waals surface area (Å²) in [5, 5.41) is 0. The van der Waals surface area contributed by atoms with E-state index in [1.807, 2.05) is 0 Å². The third kappa shape index (κ3) is 2.43. The average Bonchev–Trinajstić information content (AvgIpc) is 2.10. The van der Waals surface area contributed by atoms with Crippen LogP contribution in [-0.2, 0) is 0 Å². The summed E-state index contributed by atoms with van der Waals surface area (Å²) in [7, 11) is 0. The van der Waals surface area contributed by atoms with Gasteiger partial charge in [-0.15, -0.1) is 0 Å². The van der Waals surface area contributed by atoms with Gasteiger partial charge < -0.3 is 0 Å². The Balaban J connectivity index is 6.38. The fraction of sp³-hybridized carbons (Fsp3) is 1.00. The Bertz CT molecular complexity index is 343. The number of rotatable bonds is 2. The van der Waals surface area contributed by atoms with Crippen molar-refractivity contribution in [1.29, 1.82) is 0 Å². The van der Waals surface area contributed by atoms with Crippen molar-refractivity contribution in [2.45, 2.75) is 34.7 Å². The minimum atomic E-state index is -7.51. The van der Waals surface area contributed by atoms with E-state index in [1.165, 1.54) is 0 Å². The van der Waals surface area contributed by atoms with Crippen molar-refractivity contribution in [3.63, 3.8) is 0 Å². The number of alkyl halides is 14. The summed E-state index contributed by atoms with van der Waals surface area (Å²) in [4.78, 5) is 0. The summed E-state index contributed by atoms with van der Waals surface area (Å²) < 4.78 is 151. The molecule has 0 heterocycles. The van der Waals surface area contributed by atoms with Gasteiger partial charge in [-0.1, -0.05) is 0 Å². The van der Waals surface area contributed by atoms with Gasteiger partial charge in [-0.3, -0.25) is 0 Å². The lowest BCUT2D eigenvalue weighted by molar-refractivity contribution is -0.406. The Morgan fingerprint density at radius 1 is 0.450 bits per heavy atom. The number of hydrogen-bond donors (Lipinski definition) is 0. The lowest BCUT2D eigenvalue weighted by Gasteiger charge is -2.41. The molecule has 0 aromatic heterocycles. The summed E-state index contributed by atoms with van der Waals surface area (Å²) in [5.41, 5.74) is -7.51. The minimum Gasteiger partial charge on any atom is -0.220 e. The molecule has 122 valence electrons. The van der Waals surface area contributed by atoms with Crippen molar-refractivity contribution >= 4 is 15.9 Å². The molecule has 0 aliphatic carbocycles. The van der Waals surface area contributed by atoms with Crippen LogP contribution in [0.4, 0.5) is 57.1 Å². The van der Waals surface area contributed by atoms with E-state index in [4.69, 9.17) is 0 Å². The van der Waals surface area contributed by atoms with Crippen molar-refractivity contribution in [3.8, 4) is 0 Å². The molecule has 20 heavy (non-hydrogen) atoms. The molecule has 0 N–H and O–H groups in total. The first-order valence-corrected chi connectivity index (χ1v) is 4.69. The topological polar surface area (TPSA) is 0 Å². The van der Waals surface area contributed by atoms with Crippen molar-refractivity contribution in [2.24, 2.45) is 0 Å². The number of halogens is 14. The molecular weight excluding hydrogens is 399 g/mol. The molecule has 1 unspecified atom stereocenters. The van der Waals surface area contributed by atoms with Crippen LogP contribution in [0.25, 0.3) is 0 Å². The first kappa shape index (κ1) is 19.6. The molecule has 0 aliphatic rings. The lowest BCUT2D eigenvalue weighted by Crippen LogP contribution is -2.72. The van der Waals surface area contributed by atoms with Crippen molar-refractivity contribution < 1.29 is 57.1 Å². The quantitative estimate of drug-likeness (QED) is 0.449. The predicted molar refractivity (Wildman–Crippen MR) is 39.7 cm³/mol. The molecule has 14 heteroatoms. The van der Waals surface area contributed by atoms with E-state index in [0.717, 1.165) is 0 Å². The second kappa shape index (κ2) is 4.53. The summed E-state index contributed by atoms with van der Waals surface area (Å²) in [6.45, 7) is 0. The van der Waals surface area contributed by atoms with Crippen molar-refractivity contribution in [2.75, 3.05) is 0 Å². The van der Waals surface area contributed by atoms with Gasteiger partial charge in [-0.05, 0) is 15.9 Å². The maximum Gasteiger partial charge on any atom is 0.457 e. The molecule has 0 saturated heterocycles. The van der Waals surface area contributed by atoms with Crippen LogP contribution in [0, 0.1) is 0 Å². The average molecular weight is 399 g/mol. The van der Waals surface area contributed by atoms with E-state index >= 15 is 0 Å². The number of hydrogen-bond acceptors (Lipinski definition) is 0. The highest BCUT2D eigenvalue weighted by atomic mass is 79.9. The van der Waals surface area contributed by atoms with Crippen LogP contribution in [-0.4, -0.2) is 34.7 Å². The predicted octanol–water partition coefficient (Wildman–Crippen LogP) is 5.08. The third-order valence-electron chi connectivity index (χ3n) is 1.96. The maximum absolute atomic E-state index is 13.0. The molecule has 0 amide bonds. The van der Waals surface area contributed by atoms with E-state index in [0.29, 0.717) is 0 Å². The highest BCUT2D eigenvalue weighted by molar-refractivity contribution is 9.10. The SMILES string of the molecule is FC(F)(F)C(F)(F)C(F)(Br)C(F)(C(F)(F)F)C(F)(F)F. The molecule has 0 aliphatic heterocycles. The van der Waals surface area contributed by atoms with Crippen LogP contribution in [0.3, 0.4) is 0 Å². The van der Waals surface area contributed by atoms with Crippen molar-refractivity contribution in [3.05, 3.63) is 0 Å². The maximum atomic E-state index is 13.0. The molecule has 0 fully saturated rings. The summed E-state index contributed by atoms with van der Waals surface area (Å²) in [6.07, 6.45) is -22.1. The summed E-state index contributed by atoms with van der Waals surface area (Å²) in [5.74, 6) is -7.33. The van der Waals surface area contributed by atoms with Gasteiger partial charge in [0.15, 0.2) is 0 Å². The third-order valence-corrected chi connectivity index (χ3v) is 3.01. The fourth-order valence-corrected chi connectivity index (χ4v) is 1.59. The Morgan fingerprint density at radius 2 is 0.700 bits per heavy atom. The minimum absolute atomic E-state index is 0.282. The molecule has 0 aromatic carbocycles. The second-order valence-corrected chi connectivity index (χ2v) is 4.39. The first-order chi connectivity index (χ1) is 8.25. The van der Waals surface area contributed by atoms with Gasteiger partial charge in [-0.2, -0.15) is 48.3 Å². The van der Waals surface area contributed by atoms with E-state index in [9.17, 15) is 57.1 Å². The smallest absolute Gasteiger partial charge is 0.220 e. The zero-order valence-corrected chi connectivity index (χ0v) is 9.88. The van der Waals surface area contributed by atoms with Crippen LogP contribution in [0.15, 0.2) is 0 Å². The van der Waals surface area contributed by atoms with Crippen LogP contribution >= 0.6 is 15.9 Å². The summed E-state index contributed by atoms with van der Waals surface area (Å²) in [6, 6.07) is 0. The van der Waals surface area contributed by atoms with Crippen molar-refractivity contribution in [1.82, 2.24) is 0 Å². The highest BCUT2D eigenvalue weighted by Gasteiger charge is 2.91. The Labute approximate surface area is 109 Å². The largest absolute Gasteiger partial charge is 0.457 e. The van der Waals surface area contributed by atoms with E-state index in [-0.39, 0.29) is 15.9 Å². The van der Waals surface area contributed by atoms with Gasteiger partial charge in [0.2, 0.25) is 0 Å². The standard InChI is InChI=1S/C6BrF13/c7-2(9,3(10,11)6(18,19)20)1(8,4(12,13)14)5(15,16)17. The molecule has 0 bridgehead atoms. The van der Waals surface area contributed by atoms with Gasteiger partial charge in [-0.25, -0.2) is 8.78 Å². The fourth-order valence-electron chi connectivity index (χ4n) is 0.911. The molecular formula is C6BrF13. The Hall–Kier alpha value is -0.430. The molecule has 0 radical (unpaired) electrons. The van der Waals surface area contributed by atoms with Gasteiger partial charge in [0.05, 0.1) is 0 Å². The van der Waals surface area contributed by atoms with E-state index in [2.05, 4.69) is 0 Å². The zero-order valence-electron chi connectivity index (χ0n) is 8.29. The van der Waals surface area contributed by atoms with Gasteiger partial charge >= 0.3 is 30.1 Å². The van der Waals surface area contributed by atoms with Crippen LogP contribution in [0.5, 0.6) is 0 Å². The molecule has 0 rings (SSSR count). The van der Waals surface area contributed by atoms with Crippen LogP contribution < -0.4 is 0 Å². The zero-order chi connectivity index (χ0) is 17.0. The van der Waals surface area contributed by atoms with Crippen LogP contribution in [0.2, 0.25) is 0 Å². The van der Waals surface area contributed by atoms with Gasteiger partial charge in [0, 0.05) is 0 Å². The van der Waals surface area contributed by atoms with Gasteiger partial charge in [0.1, 0.15) is 0 Å². The summed E-state index contributed by atoms with van der Waals surface area (Å²) >= 11 is 0.282. The van der Waals surface area contributed by atoms with Gasteiger partial charge in [0.25, 0.3) is 4.58 Å². The monoisotopic (exact) mass is 398 g/mol. The Kier molecular flexibility index (Phi) is 4.43. The molecule has 0 nitrogen and oxygen atoms in total. The highest BCUT2D eigenvalue weighted by Crippen LogP contribution is 2.63. The Morgan fingerprint density at radius 3 is 0.850 bits per heavy atom. The molecule has 1 atom stereocenters. The lowest BCUT2D eigenvalue weighted by atomic mass is 9.92. The van der Waals surface area contributed by atoms with E-state index in [1.54, 1.807) is 0 Å². The molecule has 0 spiro atoms. The van der Waals surface area contributed by atoms with E-state index < -0.39 is 34.7 Å². The molecule has 0 saturated carbocycles. The van der Waals surface area contributed by atoms with Crippen LogP contribution in [0.1, 0.15) is 0 Å². The first-order valence-electron chi connectivity index (χ1n) is 3.90.